The first-order valence-corrected chi connectivity index (χ1v) is 13.9. The van der Waals surface area contributed by atoms with Gasteiger partial charge in [0.2, 0.25) is 0 Å². The van der Waals surface area contributed by atoms with Crippen molar-refractivity contribution in [1.29, 1.82) is 0 Å². The van der Waals surface area contributed by atoms with Gasteiger partial charge in [0.1, 0.15) is 5.82 Å². The molecule has 0 saturated carbocycles. The van der Waals surface area contributed by atoms with E-state index < -0.39 is 0 Å². The zero-order valence-electron chi connectivity index (χ0n) is 18.7. The Bertz CT molecular complexity index is 748. The lowest BCUT2D eigenvalue weighted by Gasteiger charge is -2.27. The lowest BCUT2D eigenvalue weighted by Crippen LogP contribution is -2.18. The first-order valence-electron chi connectivity index (χ1n) is 11.8. The molecule has 0 unspecified atom stereocenters. The predicted molar refractivity (Wildman–Crippen MR) is 135 cm³/mol. The molecule has 2 aromatic carbocycles. The molecule has 1 heterocycles. The fourth-order valence-corrected chi connectivity index (χ4v) is 7.19. The van der Waals surface area contributed by atoms with Crippen LogP contribution in [0, 0.1) is 11.7 Å². The highest BCUT2D eigenvalue weighted by molar-refractivity contribution is 8.17. The van der Waals surface area contributed by atoms with Crippen LogP contribution in [0.15, 0.2) is 42.5 Å². The Morgan fingerprint density at radius 3 is 2.17 bits per heavy atom. The maximum Gasteiger partial charge on any atom is 0.131 e. The van der Waals surface area contributed by atoms with Crippen LogP contribution in [0.2, 0.25) is 0 Å². The quantitative estimate of drug-likeness (QED) is 0.318. The molecule has 3 rings (SSSR count). The van der Waals surface area contributed by atoms with Gasteiger partial charge < -0.3 is 0 Å². The highest BCUT2D eigenvalue weighted by atomic mass is 32.2. The van der Waals surface area contributed by atoms with E-state index in [1.165, 1.54) is 55.6 Å². The van der Waals surface area contributed by atoms with E-state index in [-0.39, 0.29) is 5.82 Å². The van der Waals surface area contributed by atoms with E-state index in [9.17, 15) is 4.39 Å². The minimum atomic E-state index is -0.0932. The molecule has 0 radical (unpaired) electrons. The number of aryl methyl sites for hydroxylation is 2. The molecule has 30 heavy (non-hydrogen) atoms. The smallest absolute Gasteiger partial charge is 0.131 e. The van der Waals surface area contributed by atoms with E-state index in [0.29, 0.717) is 0 Å². The maximum atomic E-state index is 14.6. The van der Waals surface area contributed by atoms with Crippen molar-refractivity contribution in [2.24, 2.45) is 5.92 Å². The lowest BCUT2D eigenvalue weighted by molar-refractivity contribution is 0.562. The van der Waals surface area contributed by atoms with Gasteiger partial charge >= 0.3 is 0 Å². The van der Waals surface area contributed by atoms with Crippen LogP contribution in [-0.4, -0.2) is 16.1 Å². The summed E-state index contributed by atoms with van der Waals surface area (Å²) < 4.78 is 15.4. The van der Waals surface area contributed by atoms with E-state index in [4.69, 9.17) is 0 Å². The van der Waals surface area contributed by atoms with Crippen molar-refractivity contribution in [3.8, 4) is 11.1 Å². The third-order valence-electron chi connectivity index (χ3n) is 6.04. The topological polar surface area (TPSA) is 0 Å². The Balaban J connectivity index is 1.48. The number of benzene rings is 2. The van der Waals surface area contributed by atoms with Crippen molar-refractivity contribution in [2.75, 3.05) is 11.5 Å². The minimum Gasteiger partial charge on any atom is -0.206 e. The van der Waals surface area contributed by atoms with Crippen LogP contribution in [0.5, 0.6) is 0 Å². The van der Waals surface area contributed by atoms with Crippen molar-refractivity contribution >= 4 is 23.5 Å². The largest absolute Gasteiger partial charge is 0.206 e. The lowest BCUT2D eigenvalue weighted by atomic mass is 9.99. The molecule has 0 aliphatic carbocycles. The summed E-state index contributed by atoms with van der Waals surface area (Å²) in [4.78, 5) is 0. The Labute approximate surface area is 191 Å². The first kappa shape index (κ1) is 23.7. The first-order chi connectivity index (χ1) is 14.7. The van der Waals surface area contributed by atoms with Gasteiger partial charge in [0.25, 0.3) is 0 Å². The molecular formula is C27H37FS2. The summed E-state index contributed by atoms with van der Waals surface area (Å²) in [5, 5.41) is 0. The summed E-state index contributed by atoms with van der Waals surface area (Å²) in [6.45, 7) is 4.49. The van der Waals surface area contributed by atoms with Crippen molar-refractivity contribution in [2.45, 2.75) is 76.2 Å². The zero-order chi connectivity index (χ0) is 21.2. The van der Waals surface area contributed by atoms with Crippen LogP contribution < -0.4 is 0 Å². The number of thioether (sulfide) groups is 2. The average molecular weight is 445 g/mol. The molecule has 0 bridgehead atoms. The summed E-state index contributed by atoms with van der Waals surface area (Å²) in [7, 11) is 0. The summed E-state index contributed by atoms with van der Waals surface area (Å²) >= 11 is 4.33. The van der Waals surface area contributed by atoms with Crippen molar-refractivity contribution in [3.05, 3.63) is 59.4 Å². The Hall–Kier alpha value is -0.930. The Kier molecular flexibility index (Phi) is 10.1. The van der Waals surface area contributed by atoms with Gasteiger partial charge in [0.05, 0.1) is 4.58 Å². The monoisotopic (exact) mass is 444 g/mol. The van der Waals surface area contributed by atoms with E-state index in [2.05, 4.69) is 67.7 Å². The van der Waals surface area contributed by atoms with E-state index in [1.807, 2.05) is 6.07 Å². The van der Waals surface area contributed by atoms with Gasteiger partial charge in [-0.3, -0.25) is 0 Å². The standard InChI is InChI=1S/C27H37FS2/c1-3-5-7-9-22-12-16-25(26(28)18-22)24-14-10-21(11-15-24)13-17-27-29-19-23(20-30-27)8-6-4-2/h10-12,14-16,18,23,27H,3-9,13,17,19-20H2,1-2H3. The molecule has 1 aliphatic rings. The van der Waals surface area contributed by atoms with Crippen LogP contribution in [0.3, 0.4) is 0 Å². The molecule has 0 atom stereocenters. The summed E-state index contributed by atoms with van der Waals surface area (Å²) in [5.41, 5.74) is 4.18. The van der Waals surface area contributed by atoms with Crippen molar-refractivity contribution < 1.29 is 4.39 Å². The van der Waals surface area contributed by atoms with Gasteiger partial charge in [-0.05, 0) is 72.3 Å². The fraction of sp³-hybridized carbons (Fsp3) is 0.556. The predicted octanol–water partition coefficient (Wildman–Crippen LogP) is 8.77. The number of hydrogen-bond acceptors (Lipinski definition) is 2. The highest BCUT2D eigenvalue weighted by Crippen LogP contribution is 2.38. The van der Waals surface area contributed by atoms with Gasteiger partial charge in [0.15, 0.2) is 0 Å². The Morgan fingerprint density at radius 2 is 1.50 bits per heavy atom. The van der Waals surface area contributed by atoms with Crippen LogP contribution in [-0.2, 0) is 12.8 Å². The molecule has 0 amide bonds. The summed E-state index contributed by atoms with van der Waals surface area (Å²) in [6, 6.07) is 14.3. The van der Waals surface area contributed by atoms with Gasteiger partial charge in [-0.25, -0.2) is 4.39 Å². The minimum absolute atomic E-state index is 0.0932. The van der Waals surface area contributed by atoms with E-state index in [0.717, 1.165) is 46.5 Å². The molecule has 1 fully saturated rings. The molecule has 0 aromatic heterocycles. The molecule has 0 nitrogen and oxygen atoms in total. The van der Waals surface area contributed by atoms with Crippen LogP contribution in [0.25, 0.3) is 11.1 Å². The maximum absolute atomic E-state index is 14.6. The van der Waals surface area contributed by atoms with Gasteiger partial charge in [0, 0.05) is 5.56 Å². The van der Waals surface area contributed by atoms with Gasteiger partial charge in [-0.2, -0.15) is 0 Å². The fourth-order valence-electron chi connectivity index (χ4n) is 4.07. The van der Waals surface area contributed by atoms with Gasteiger partial charge in [-0.1, -0.05) is 75.9 Å². The third-order valence-corrected chi connectivity index (χ3v) is 9.40. The van der Waals surface area contributed by atoms with E-state index in [1.54, 1.807) is 6.07 Å². The van der Waals surface area contributed by atoms with Crippen molar-refractivity contribution in [1.82, 2.24) is 0 Å². The highest BCUT2D eigenvalue weighted by Gasteiger charge is 2.21. The number of halogens is 1. The molecule has 2 aromatic rings. The third kappa shape index (κ3) is 7.34. The molecule has 1 aliphatic heterocycles. The molecule has 0 N–H and O–H groups in total. The molecular weight excluding hydrogens is 407 g/mol. The second kappa shape index (κ2) is 12.8. The normalized spacial score (nSPS) is 19.2. The molecule has 0 spiro atoms. The number of rotatable bonds is 11. The number of hydrogen-bond donors (Lipinski definition) is 0. The van der Waals surface area contributed by atoms with Crippen molar-refractivity contribution in [3.63, 3.8) is 0 Å². The van der Waals surface area contributed by atoms with Crippen LogP contribution in [0.1, 0.15) is 69.9 Å². The Morgan fingerprint density at radius 1 is 0.800 bits per heavy atom. The number of unbranched alkanes of at least 4 members (excludes halogenated alkanes) is 3. The van der Waals surface area contributed by atoms with E-state index >= 15 is 0 Å². The van der Waals surface area contributed by atoms with Crippen LogP contribution >= 0.6 is 23.5 Å². The summed E-state index contributed by atoms with van der Waals surface area (Å²) in [5.74, 6) is 3.50. The summed E-state index contributed by atoms with van der Waals surface area (Å²) in [6.07, 6.45) is 11.0. The molecule has 3 heteroatoms. The zero-order valence-corrected chi connectivity index (χ0v) is 20.3. The average Bonchev–Trinajstić information content (AvgIpc) is 2.78. The SMILES string of the molecule is CCCCCc1ccc(-c2ccc(CCC3SCC(CCCC)CS3)cc2)c(F)c1. The van der Waals surface area contributed by atoms with Gasteiger partial charge in [-0.15, -0.1) is 23.5 Å². The molecule has 164 valence electrons. The second-order valence-electron chi connectivity index (χ2n) is 8.61. The molecule has 1 saturated heterocycles. The van der Waals surface area contributed by atoms with Crippen LogP contribution in [0.4, 0.5) is 4.39 Å². The second-order valence-corrected chi connectivity index (χ2v) is 11.4.